The summed E-state index contributed by atoms with van der Waals surface area (Å²) in [6.07, 6.45) is 2.13. The minimum atomic E-state index is -3.68. The van der Waals surface area contributed by atoms with Gasteiger partial charge in [-0.25, -0.2) is 13.1 Å². The van der Waals surface area contributed by atoms with Crippen LogP contribution in [0.25, 0.3) is 0 Å². The zero-order valence-corrected chi connectivity index (χ0v) is 20.1. The molecule has 2 rings (SSSR count). The van der Waals surface area contributed by atoms with Gasteiger partial charge in [0.05, 0.1) is 4.90 Å². The van der Waals surface area contributed by atoms with E-state index in [1.807, 2.05) is 6.92 Å². The largest absolute Gasteiger partial charge is 0.352 e. The number of hydrogen-bond acceptors (Lipinski definition) is 5. The third kappa shape index (κ3) is 7.65. The Balaban J connectivity index is 1.95. The number of amides is 1. The molecule has 2 N–H and O–H groups in total. The third-order valence-corrected chi connectivity index (χ3v) is 7.08. The van der Waals surface area contributed by atoms with Crippen molar-refractivity contribution in [1.29, 1.82) is 0 Å². The average molecular weight is 439 g/mol. The summed E-state index contributed by atoms with van der Waals surface area (Å²) in [6.45, 7) is 12.1. The van der Waals surface area contributed by atoms with Crippen molar-refractivity contribution in [3.8, 4) is 0 Å². The molecule has 7 nitrogen and oxygen atoms in total. The highest BCUT2D eigenvalue weighted by Gasteiger charge is 2.24. The van der Waals surface area contributed by atoms with Crippen molar-refractivity contribution in [1.82, 2.24) is 19.8 Å². The molecule has 0 spiro atoms. The quantitative estimate of drug-likeness (QED) is 0.649. The minimum Gasteiger partial charge on any atom is -0.352 e. The van der Waals surface area contributed by atoms with Gasteiger partial charge in [-0.2, -0.15) is 0 Å². The van der Waals surface area contributed by atoms with Gasteiger partial charge in [-0.05, 0) is 91.3 Å². The smallest absolute Gasteiger partial charge is 0.251 e. The molecule has 170 valence electrons. The lowest BCUT2D eigenvalue weighted by Gasteiger charge is -2.32. The second kappa shape index (κ2) is 10.2. The molecule has 1 saturated heterocycles. The molecule has 0 aromatic heterocycles. The molecule has 0 bridgehead atoms. The molecule has 1 aliphatic rings. The first-order chi connectivity index (χ1) is 13.9. The van der Waals surface area contributed by atoms with Gasteiger partial charge in [0.15, 0.2) is 0 Å². The fraction of sp³-hybridized carbons (Fsp3) is 0.682. The van der Waals surface area contributed by atoms with E-state index in [2.05, 4.69) is 33.9 Å². The van der Waals surface area contributed by atoms with Gasteiger partial charge in [0.2, 0.25) is 10.0 Å². The van der Waals surface area contributed by atoms with Crippen molar-refractivity contribution in [3.05, 3.63) is 29.3 Å². The number of nitrogens with zero attached hydrogens (tertiary/aromatic N) is 2. The van der Waals surface area contributed by atoms with Crippen LogP contribution in [-0.4, -0.2) is 76.5 Å². The lowest BCUT2D eigenvalue weighted by Crippen LogP contribution is -2.41. The Labute approximate surface area is 182 Å². The van der Waals surface area contributed by atoms with Crippen LogP contribution >= 0.6 is 0 Å². The second-order valence-electron chi connectivity index (χ2n) is 9.63. The van der Waals surface area contributed by atoms with Crippen molar-refractivity contribution in [2.75, 3.05) is 46.8 Å². The topological polar surface area (TPSA) is 81.7 Å². The summed E-state index contributed by atoms with van der Waals surface area (Å²) < 4.78 is 27.9. The van der Waals surface area contributed by atoms with E-state index in [1.54, 1.807) is 32.9 Å². The SMILES string of the molecule is Cc1ccc(S(=O)(=O)NC(C)(C)C)cc1C(=O)NCC1CCN(CCN(C)C)CC1. The standard InChI is InChI=1S/C22H38N4O3S/c1-17-7-8-19(30(28,29)24-22(2,3)4)15-20(17)21(27)23-16-18-9-11-26(12-10-18)14-13-25(5)6/h7-8,15,18,24H,9-14,16H2,1-6H3,(H,23,27). The molecular formula is C22H38N4O3S. The van der Waals surface area contributed by atoms with Crippen LogP contribution < -0.4 is 10.0 Å². The van der Waals surface area contributed by atoms with E-state index in [9.17, 15) is 13.2 Å². The van der Waals surface area contributed by atoms with Crippen LogP contribution in [0.5, 0.6) is 0 Å². The Kier molecular flexibility index (Phi) is 8.44. The monoisotopic (exact) mass is 438 g/mol. The van der Waals surface area contributed by atoms with Crippen molar-refractivity contribution >= 4 is 15.9 Å². The van der Waals surface area contributed by atoms with E-state index < -0.39 is 15.6 Å². The first-order valence-electron chi connectivity index (χ1n) is 10.7. The van der Waals surface area contributed by atoms with Crippen LogP contribution in [0, 0.1) is 12.8 Å². The highest BCUT2D eigenvalue weighted by atomic mass is 32.2. The maximum atomic E-state index is 12.8. The Bertz CT molecular complexity index is 823. The zero-order chi connectivity index (χ0) is 22.5. The molecule has 8 heteroatoms. The Hall–Kier alpha value is -1.48. The molecule has 1 amide bonds. The number of benzene rings is 1. The molecule has 0 radical (unpaired) electrons. The minimum absolute atomic E-state index is 0.113. The van der Waals surface area contributed by atoms with Gasteiger partial charge < -0.3 is 15.1 Å². The van der Waals surface area contributed by atoms with Crippen molar-refractivity contribution in [2.45, 2.75) is 51.0 Å². The van der Waals surface area contributed by atoms with E-state index in [4.69, 9.17) is 0 Å². The molecule has 0 saturated carbocycles. The third-order valence-electron chi connectivity index (χ3n) is 5.33. The van der Waals surface area contributed by atoms with E-state index in [0.717, 1.165) is 44.6 Å². The van der Waals surface area contributed by atoms with Gasteiger partial charge in [0, 0.05) is 30.7 Å². The van der Waals surface area contributed by atoms with Crippen molar-refractivity contribution < 1.29 is 13.2 Å². The fourth-order valence-electron chi connectivity index (χ4n) is 3.56. The van der Waals surface area contributed by atoms with E-state index in [1.165, 1.54) is 6.07 Å². The van der Waals surface area contributed by atoms with Crippen LogP contribution in [0.1, 0.15) is 49.5 Å². The number of hydrogen-bond donors (Lipinski definition) is 2. The van der Waals surface area contributed by atoms with Gasteiger partial charge in [-0.3, -0.25) is 4.79 Å². The summed E-state index contributed by atoms with van der Waals surface area (Å²) in [5, 5.41) is 3.02. The number of rotatable bonds is 8. The maximum absolute atomic E-state index is 12.8. The summed E-state index contributed by atoms with van der Waals surface area (Å²) in [7, 11) is 0.491. The van der Waals surface area contributed by atoms with Gasteiger partial charge >= 0.3 is 0 Å². The summed E-state index contributed by atoms with van der Waals surface area (Å²) in [4.78, 5) is 17.6. The predicted molar refractivity (Wildman–Crippen MR) is 121 cm³/mol. The van der Waals surface area contributed by atoms with Crippen LogP contribution in [0.4, 0.5) is 0 Å². The molecule has 0 aliphatic carbocycles. The maximum Gasteiger partial charge on any atom is 0.251 e. The van der Waals surface area contributed by atoms with Gasteiger partial charge in [0.25, 0.3) is 5.91 Å². The predicted octanol–water partition coefficient (Wildman–Crippen LogP) is 2.08. The van der Waals surface area contributed by atoms with Crippen LogP contribution in [0.2, 0.25) is 0 Å². The number of nitrogens with one attached hydrogen (secondary N) is 2. The second-order valence-corrected chi connectivity index (χ2v) is 11.3. The van der Waals surface area contributed by atoms with Crippen molar-refractivity contribution in [3.63, 3.8) is 0 Å². The molecule has 0 atom stereocenters. The molecular weight excluding hydrogens is 400 g/mol. The van der Waals surface area contributed by atoms with E-state index >= 15 is 0 Å². The van der Waals surface area contributed by atoms with E-state index in [-0.39, 0.29) is 10.8 Å². The summed E-state index contributed by atoms with van der Waals surface area (Å²) in [5.74, 6) is 0.245. The number of likely N-dealkylation sites (N-methyl/N-ethyl adjacent to an activating group) is 1. The number of aryl methyl sites for hydroxylation is 1. The average Bonchev–Trinajstić information content (AvgIpc) is 2.63. The first kappa shape index (κ1) is 24.8. The Morgan fingerprint density at radius 1 is 1.20 bits per heavy atom. The highest BCUT2D eigenvalue weighted by molar-refractivity contribution is 7.89. The molecule has 1 fully saturated rings. The summed E-state index contributed by atoms with van der Waals surface area (Å²) >= 11 is 0. The zero-order valence-electron chi connectivity index (χ0n) is 19.3. The molecule has 1 aromatic carbocycles. The molecule has 30 heavy (non-hydrogen) atoms. The van der Waals surface area contributed by atoms with E-state index in [0.29, 0.717) is 18.0 Å². The van der Waals surface area contributed by atoms with Gasteiger partial charge in [0.1, 0.15) is 0 Å². The first-order valence-corrected chi connectivity index (χ1v) is 12.2. The molecule has 0 unspecified atom stereocenters. The number of carbonyl (C=O) groups excluding carboxylic acids is 1. The lowest BCUT2D eigenvalue weighted by molar-refractivity contribution is 0.0934. The summed E-state index contributed by atoms with van der Waals surface area (Å²) in [6, 6.07) is 4.71. The number of likely N-dealkylation sites (tertiary alicyclic amines) is 1. The van der Waals surface area contributed by atoms with Crippen LogP contribution in [-0.2, 0) is 10.0 Å². The fourth-order valence-corrected chi connectivity index (χ4v) is 5.01. The molecule has 1 heterocycles. The number of sulfonamides is 1. The van der Waals surface area contributed by atoms with Crippen molar-refractivity contribution in [2.24, 2.45) is 5.92 Å². The number of carbonyl (C=O) groups is 1. The summed E-state index contributed by atoms with van der Waals surface area (Å²) in [5.41, 5.74) is 0.587. The Morgan fingerprint density at radius 3 is 2.40 bits per heavy atom. The lowest BCUT2D eigenvalue weighted by atomic mass is 9.96. The van der Waals surface area contributed by atoms with Gasteiger partial charge in [-0.15, -0.1) is 0 Å². The van der Waals surface area contributed by atoms with Crippen LogP contribution in [0.15, 0.2) is 23.1 Å². The normalized spacial score (nSPS) is 16.8. The molecule has 1 aromatic rings. The highest BCUT2D eigenvalue weighted by Crippen LogP contribution is 2.19. The van der Waals surface area contributed by atoms with Gasteiger partial charge in [-0.1, -0.05) is 6.07 Å². The van der Waals surface area contributed by atoms with Crippen LogP contribution in [0.3, 0.4) is 0 Å². The Morgan fingerprint density at radius 2 is 1.83 bits per heavy atom. The molecule has 1 aliphatic heterocycles. The number of piperidine rings is 1.